The predicted octanol–water partition coefficient (Wildman–Crippen LogP) is 3.92. The number of benzene rings is 1. The van der Waals surface area contributed by atoms with Crippen molar-refractivity contribution in [3.63, 3.8) is 0 Å². The van der Waals surface area contributed by atoms with E-state index in [1.165, 1.54) is 18.3 Å². The highest BCUT2D eigenvalue weighted by Crippen LogP contribution is 2.26. The molecule has 4 heteroatoms. The van der Waals surface area contributed by atoms with E-state index in [2.05, 4.69) is 20.9 Å². The summed E-state index contributed by atoms with van der Waals surface area (Å²) >= 11 is 3.21. The van der Waals surface area contributed by atoms with Crippen LogP contribution in [0.25, 0.3) is 11.1 Å². The van der Waals surface area contributed by atoms with Crippen molar-refractivity contribution in [1.82, 2.24) is 4.98 Å². The summed E-state index contributed by atoms with van der Waals surface area (Å²) < 4.78 is 26.5. The van der Waals surface area contributed by atoms with Gasteiger partial charge in [-0.2, -0.15) is 0 Å². The monoisotopic (exact) mass is 283 g/mol. The first-order valence-electron chi connectivity index (χ1n) is 4.66. The smallest absolute Gasteiger partial charge is 0.146 e. The lowest BCUT2D eigenvalue weighted by molar-refractivity contribution is 0.611. The number of rotatable bonds is 2. The Morgan fingerprint density at radius 3 is 2.69 bits per heavy atom. The summed E-state index contributed by atoms with van der Waals surface area (Å²) in [6, 6.07) is 6.03. The Kier molecular flexibility index (Phi) is 3.29. The molecule has 1 aromatic carbocycles. The zero-order valence-corrected chi connectivity index (χ0v) is 9.84. The number of halogens is 3. The third kappa shape index (κ3) is 2.11. The predicted molar refractivity (Wildman–Crippen MR) is 62.2 cm³/mol. The van der Waals surface area contributed by atoms with E-state index in [1.807, 2.05) is 0 Å². The summed E-state index contributed by atoms with van der Waals surface area (Å²) in [5, 5.41) is 0.368. The zero-order chi connectivity index (χ0) is 11.5. The molecule has 0 aliphatic rings. The highest BCUT2D eigenvalue weighted by Gasteiger charge is 2.10. The van der Waals surface area contributed by atoms with Crippen LogP contribution in [0.4, 0.5) is 8.78 Å². The zero-order valence-electron chi connectivity index (χ0n) is 8.25. The van der Waals surface area contributed by atoms with Gasteiger partial charge in [-0.1, -0.05) is 28.1 Å². The molecule has 0 saturated heterocycles. The Balaban J connectivity index is 2.60. The van der Waals surface area contributed by atoms with Crippen LogP contribution in [0.3, 0.4) is 0 Å². The molecule has 0 saturated carbocycles. The van der Waals surface area contributed by atoms with Gasteiger partial charge in [0.05, 0.1) is 6.20 Å². The molecule has 0 spiro atoms. The summed E-state index contributed by atoms with van der Waals surface area (Å²) in [5.41, 5.74) is 1.72. The molecular formula is C12H8BrF2N. The molecule has 0 atom stereocenters. The molecule has 0 bridgehead atoms. The molecule has 1 heterocycles. The molecule has 2 aromatic rings. The molecule has 82 valence electrons. The lowest BCUT2D eigenvalue weighted by Gasteiger charge is -2.07. The molecule has 0 unspecified atom stereocenters. The topological polar surface area (TPSA) is 12.9 Å². The largest absolute Gasteiger partial charge is 0.261 e. The quantitative estimate of drug-likeness (QED) is 0.762. The maximum absolute atomic E-state index is 13.5. The van der Waals surface area contributed by atoms with Crippen molar-refractivity contribution in [2.45, 2.75) is 5.33 Å². The molecule has 0 amide bonds. The van der Waals surface area contributed by atoms with Crippen molar-refractivity contribution in [1.29, 1.82) is 0 Å². The summed E-state index contributed by atoms with van der Waals surface area (Å²) in [6.07, 6.45) is 2.69. The van der Waals surface area contributed by atoms with Crippen molar-refractivity contribution >= 4 is 15.9 Å². The van der Waals surface area contributed by atoms with E-state index in [0.29, 0.717) is 22.0 Å². The second kappa shape index (κ2) is 4.70. The lowest BCUT2D eigenvalue weighted by Crippen LogP contribution is -1.93. The minimum Gasteiger partial charge on any atom is -0.261 e. The average Bonchev–Trinajstić information content (AvgIpc) is 2.28. The Hall–Kier alpha value is -1.29. The van der Waals surface area contributed by atoms with Crippen molar-refractivity contribution in [2.24, 2.45) is 0 Å². The first-order valence-corrected chi connectivity index (χ1v) is 5.79. The van der Waals surface area contributed by atoms with Gasteiger partial charge in [0.15, 0.2) is 0 Å². The molecular weight excluding hydrogens is 276 g/mol. The van der Waals surface area contributed by atoms with E-state index in [0.717, 1.165) is 6.20 Å². The number of nitrogens with zero attached hydrogens (tertiary/aromatic N) is 1. The maximum Gasteiger partial charge on any atom is 0.146 e. The van der Waals surface area contributed by atoms with Crippen molar-refractivity contribution in [2.75, 3.05) is 0 Å². The number of hydrogen-bond acceptors (Lipinski definition) is 1. The van der Waals surface area contributed by atoms with E-state index in [9.17, 15) is 8.78 Å². The molecule has 2 rings (SSSR count). The molecule has 1 aromatic heterocycles. The number of hydrogen-bond donors (Lipinski definition) is 0. The van der Waals surface area contributed by atoms with Gasteiger partial charge in [0.2, 0.25) is 0 Å². The van der Waals surface area contributed by atoms with Gasteiger partial charge in [0, 0.05) is 22.7 Å². The van der Waals surface area contributed by atoms with Gasteiger partial charge >= 0.3 is 0 Å². The summed E-state index contributed by atoms with van der Waals surface area (Å²) in [7, 11) is 0. The van der Waals surface area contributed by atoms with Gasteiger partial charge in [-0.05, 0) is 17.7 Å². The van der Waals surface area contributed by atoms with E-state index in [1.54, 1.807) is 12.1 Å². The van der Waals surface area contributed by atoms with Crippen LogP contribution in [0, 0.1) is 11.6 Å². The van der Waals surface area contributed by atoms with Crippen molar-refractivity contribution < 1.29 is 8.78 Å². The third-order valence-electron chi connectivity index (χ3n) is 2.27. The van der Waals surface area contributed by atoms with Crippen molar-refractivity contribution in [3.05, 3.63) is 53.9 Å². The fourth-order valence-corrected chi connectivity index (χ4v) is 2.07. The second-order valence-corrected chi connectivity index (χ2v) is 3.85. The van der Waals surface area contributed by atoms with Gasteiger partial charge in [-0.25, -0.2) is 8.78 Å². The molecule has 0 radical (unpaired) electrons. The van der Waals surface area contributed by atoms with Crippen LogP contribution in [0.1, 0.15) is 5.56 Å². The first kappa shape index (κ1) is 11.2. The Bertz CT molecular complexity index is 514. The summed E-state index contributed by atoms with van der Waals surface area (Å²) in [4.78, 5) is 3.78. The molecule has 0 N–H and O–H groups in total. The number of pyridine rings is 1. The maximum atomic E-state index is 13.5. The van der Waals surface area contributed by atoms with Gasteiger partial charge in [-0.15, -0.1) is 0 Å². The first-order chi connectivity index (χ1) is 7.72. The molecule has 0 aliphatic carbocycles. The van der Waals surface area contributed by atoms with Crippen LogP contribution in [0.2, 0.25) is 0 Å². The van der Waals surface area contributed by atoms with E-state index in [-0.39, 0.29) is 5.82 Å². The van der Waals surface area contributed by atoms with E-state index >= 15 is 0 Å². The fraction of sp³-hybridized carbons (Fsp3) is 0.0833. The second-order valence-electron chi connectivity index (χ2n) is 3.29. The highest BCUT2D eigenvalue weighted by molar-refractivity contribution is 9.08. The molecule has 0 aliphatic heterocycles. The number of aromatic nitrogens is 1. The van der Waals surface area contributed by atoms with Gasteiger partial charge < -0.3 is 0 Å². The standard InChI is InChI=1S/C12H8BrF2N/c13-5-10-11(6-16-7-12(10)15)8-2-1-3-9(14)4-8/h1-4,6-7H,5H2. The summed E-state index contributed by atoms with van der Waals surface area (Å²) in [5.74, 6) is -0.735. The molecule has 1 nitrogen and oxygen atoms in total. The van der Waals surface area contributed by atoms with Crippen LogP contribution < -0.4 is 0 Å². The van der Waals surface area contributed by atoms with Crippen LogP contribution in [0.5, 0.6) is 0 Å². The Morgan fingerprint density at radius 2 is 2.00 bits per heavy atom. The molecule has 16 heavy (non-hydrogen) atoms. The van der Waals surface area contributed by atoms with E-state index in [4.69, 9.17) is 0 Å². The third-order valence-corrected chi connectivity index (χ3v) is 2.83. The minimum absolute atomic E-state index is 0.345. The van der Waals surface area contributed by atoms with Gasteiger partial charge in [-0.3, -0.25) is 4.98 Å². The Morgan fingerprint density at radius 1 is 1.19 bits per heavy atom. The van der Waals surface area contributed by atoms with Crippen LogP contribution >= 0.6 is 15.9 Å². The highest BCUT2D eigenvalue weighted by atomic mass is 79.9. The number of alkyl halides is 1. The minimum atomic E-state index is -0.390. The van der Waals surface area contributed by atoms with Crippen molar-refractivity contribution in [3.8, 4) is 11.1 Å². The van der Waals surface area contributed by atoms with Crippen LogP contribution in [-0.2, 0) is 5.33 Å². The fourth-order valence-electron chi connectivity index (χ4n) is 1.50. The van der Waals surface area contributed by atoms with E-state index < -0.39 is 5.82 Å². The van der Waals surface area contributed by atoms with Crippen LogP contribution in [0.15, 0.2) is 36.7 Å². The Labute approximate surface area is 100 Å². The SMILES string of the molecule is Fc1cccc(-c2cncc(F)c2CBr)c1. The lowest BCUT2D eigenvalue weighted by atomic mass is 10.0. The summed E-state index contributed by atoms with van der Waals surface area (Å²) in [6.45, 7) is 0. The van der Waals surface area contributed by atoms with Crippen LogP contribution in [-0.4, -0.2) is 4.98 Å². The van der Waals surface area contributed by atoms with Gasteiger partial charge in [0.1, 0.15) is 11.6 Å². The van der Waals surface area contributed by atoms with Gasteiger partial charge in [0.25, 0.3) is 0 Å². The average molecular weight is 284 g/mol. The normalized spacial score (nSPS) is 10.4. The molecule has 0 fully saturated rings.